The fourth-order valence-corrected chi connectivity index (χ4v) is 2.05. The topological polar surface area (TPSA) is 41.5 Å². The third-order valence-corrected chi connectivity index (χ3v) is 3.00. The number of carbonyl (C=O) groups is 1. The highest BCUT2D eigenvalue weighted by Gasteiger charge is 2.29. The van der Waals surface area contributed by atoms with E-state index in [1.807, 2.05) is 38.1 Å². The molecule has 2 rings (SSSR count). The monoisotopic (exact) mass is 280 g/mol. The van der Waals surface area contributed by atoms with E-state index < -0.39 is 0 Å². The predicted octanol–water partition coefficient (Wildman–Crippen LogP) is 2.35. The van der Waals surface area contributed by atoms with Gasteiger partial charge in [-0.3, -0.25) is 9.79 Å². The van der Waals surface area contributed by atoms with Gasteiger partial charge in [-0.15, -0.1) is 0 Å². The zero-order valence-corrected chi connectivity index (χ0v) is 10.8. The van der Waals surface area contributed by atoms with Crippen LogP contribution in [0, 0.1) is 5.92 Å². The molecule has 1 atom stereocenters. The third kappa shape index (κ3) is 2.16. The molecule has 0 radical (unpaired) electrons. The smallest absolute Gasteiger partial charge is 0.250 e. The number of nitrogens with zero attached hydrogens (tertiary/aromatic N) is 1. The lowest BCUT2D eigenvalue weighted by atomic mass is 10.1. The molecule has 1 amide bonds. The van der Waals surface area contributed by atoms with Crippen LogP contribution in [-0.2, 0) is 4.79 Å². The lowest BCUT2D eigenvalue weighted by Gasteiger charge is -2.06. The van der Waals surface area contributed by atoms with E-state index in [1.165, 1.54) is 0 Å². The Labute approximate surface area is 103 Å². The van der Waals surface area contributed by atoms with Gasteiger partial charge in [0.25, 0.3) is 5.91 Å². The summed E-state index contributed by atoms with van der Waals surface area (Å²) in [5, 5.41) is 2.82. The summed E-state index contributed by atoms with van der Waals surface area (Å²) in [7, 11) is 0. The Morgan fingerprint density at radius 3 is 2.75 bits per heavy atom. The van der Waals surface area contributed by atoms with Gasteiger partial charge in [0.1, 0.15) is 11.9 Å². The van der Waals surface area contributed by atoms with Gasteiger partial charge in [0.05, 0.1) is 0 Å². The second kappa shape index (κ2) is 4.37. The maximum Gasteiger partial charge on any atom is 0.250 e. The van der Waals surface area contributed by atoms with E-state index in [9.17, 15) is 4.79 Å². The molecule has 1 aliphatic rings. The molecular weight excluding hydrogens is 268 g/mol. The first-order chi connectivity index (χ1) is 7.58. The Hall–Kier alpha value is -1.16. The molecule has 0 spiro atoms. The Kier molecular flexibility index (Phi) is 3.10. The summed E-state index contributed by atoms with van der Waals surface area (Å²) in [4.78, 5) is 16.1. The largest absolute Gasteiger partial charge is 0.309 e. The SMILES string of the molecule is CC(C)C1N=C(c2cccc(Br)c2)NC1=O. The molecular formula is C12H13BrN2O. The van der Waals surface area contributed by atoms with Crippen LogP contribution in [-0.4, -0.2) is 17.8 Å². The Balaban J connectivity index is 2.30. The molecule has 1 heterocycles. The number of hydrogen-bond donors (Lipinski definition) is 1. The number of halogens is 1. The summed E-state index contributed by atoms with van der Waals surface area (Å²) in [6.45, 7) is 4.00. The molecule has 0 aromatic heterocycles. The van der Waals surface area contributed by atoms with Crippen molar-refractivity contribution in [1.82, 2.24) is 5.32 Å². The average molecular weight is 281 g/mol. The van der Waals surface area contributed by atoms with Crippen molar-refractivity contribution in [3.05, 3.63) is 34.3 Å². The van der Waals surface area contributed by atoms with Crippen LogP contribution in [0.15, 0.2) is 33.7 Å². The van der Waals surface area contributed by atoms with Crippen LogP contribution in [0.4, 0.5) is 0 Å². The second-order valence-corrected chi connectivity index (χ2v) is 5.08. The molecule has 1 aromatic carbocycles. The zero-order valence-electron chi connectivity index (χ0n) is 9.20. The van der Waals surface area contributed by atoms with Crippen LogP contribution < -0.4 is 5.32 Å². The van der Waals surface area contributed by atoms with E-state index >= 15 is 0 Å². The van der Waals surface area contributed by atoms with Crippen molar-refractivity contribution >= 4 is 27.7 Å². The van der Waals surface area contributed by atoms with E-state index in [4.69, 9.17) is 0 Å². The Bertz CT molecular complexity index is 454. The quantitative estimate of drug-likeness (QED) is 0.888. The summed E-state index contributed by atoms with van der Waals surface area (Å²) >= 11 is 3.40. The molecule has 1 unspecified atom stereocenters. The van der Waals surface area contributed by atoms with Crippen LogP contribution in [0.1, 0.15) is 19.4 Å². The first-order valence-corrected chi connectivity index (χ1v) is 6.02. The zero-order chi connectivity index (χ0) is 11.7. The van der Waals surface area contributed by atoms with Gasteiger partial charge in [0, 0.05) is 10.0 Å². The first kappa shape index (κ1) is 11.3. The maximum atomic E-state index is 11.6. The lowest BCUT2D eigenvalue weighted by molar-refractivity contribution is -0.120. The molecule has 0 saturated heterocycles. The number of amidine groups is 1. The van der Waals surface area contributed by atoms with E-state index in [2.05, 4.69) is 26.2 Å². The van der Waals surface area contributed by atoms with Gasteiger partial charge >= 0.3 is 0 Å². The van der Waals surface area contributed by atoms with Crippen LogP contribution in [0.2, 0.25) is 0 Å². The molecule has 1 N–H and O–H groups in total. The minimum absolute atomic E-state index is 0.00928. The number of hydrogen-bond acceptors (Lipinski definition) is 2. The number of nitrogens with one attached hydrogen (secondary N) is 1. The van der Waals surface area contributed by atoms with Crippen molar-refractivity contribution in [1.29, 1.82) is 0 Å². The molecule has 4 heteroatoms. The molecule has 0 bridgehead atoms. The standard InChI is InChI=1S/C12H13BrN2O/c1-7(2)10-12(16)15-11(14-10)8-4-3-5-9(13)6-8/h3-7,10H,1-2H3,(H,14,15,16). The van der Waals surface area contributed by atoms with Gasteiger partial charge < -0.3 is 5.32 Å². The van der Waals surface area contributed by atoms with Gasteiger partial charge in [0.2, 0.25) is 0 Å². The molecule has 0 saturated carbocycles. The number of rotatable bonds is 2. The van der Waals surface area contributed by atoms with Crippen molar-refractivity contribution in [3.63, 3.8) is 0 Å². The number of carbonyl (C=O) groups excluding carboxylic acids is 1. The number of amides is 1. The van der Waals surface area contributed by atoms with Gasteiger partial charge in [-0.05, 0) is 18.1 Å². The molecule has 16 heavy (non-hydrogen) atoms. The predicted molar refractivity (Wildman–Crippen MR) is 67.4 cm³/mol. The van der Waals surface area contributed by atoms with Crippen LogP contribution in [0.25, 0.3) is 0 Å². The van der Waals surface area contributed by atoms with Gasteiger partial charge in [-0.1, -0.05) is 41.9 Å². The van der Waals surface area contributed by atoms with Crippen LogP contribution >= 0.6 is 15.9 Å². The van der Waals surface area contributed by atoms with E-state index in [0.717, 1.165) is 10.0 Å². The van der Waals surface area contributed by atoms with E-state index in [1.54, 1.807) is 0 Å². The molecule has 3 nitrogen and oxygen atoms in total. The molecule has 0 fully saturated rings. The highest BCUT2D eigenvalue weighted by molar-refractivity contribution is 9.10. The van der Waals surface area contributed by atoms with Crippen molar-refractivity contribution in [2.24, 2.45) is 10.9 Å². The normalized spacial score (nSPS) is 19.9. The Morgan fingerprint density at radius 2 is 2.19 bits per heavy atom. The van der Waals surface area contributed by atoms with Gasteiger partial charge in [0.15, 0.2) is 0 Å². The Morgan fingerprint density at radius 1 is 1.44 bits per heavy atom. The van der Waals surface area contributed by atoms with Crippen molar-refractivity contribution in [2.75, 3.05) is 0 Å². The molecule has 84 valence electrons. The first-order valence-electron chi connectivity index (χ1n) is 5.22. The van der Waals surface area contributed by atoms with E-state index in [0.29, 0.717) is 5.84 Å². The van der Waals surface area contributed by atoms with Gasteiger partial charge in [-0.2, -0.15) is 0 Å². The summed E-state index contributed by atoms with van der Waals surface area (Å²) in [5.74, 6) is 0.889. The molecule has 1 aromatic rings. The molecule has 0 aliphatic carbocycles. The molecule has 1 aliphatic heterocycles. The van der Waals surface area contributed by atoms with Crippen molar-refractivity contribution in [3.8, 4) is 0 Å². The minimum Gasteiger partial charge on any atom is -0.309 e. The van der Waals surface area contributed by atoms with E-state index in [-0.39, 0.29) is 17.9 Å². The summed E-state index contributed by atoms with van der Waals surface area (Å²) in [6, 6.07) is 7.50. The van der Waals surface area contributed by atoms with Crippen LogP contribution in [0.5, 0.6) is 0 Å². The highest BCUT2D eigenvalue weighted by Crippen LogP contribution is 2.17. The average Bonchev–Trinajstić information content (AvgIpc) is 2.60. The second-order valence-electron chi connectivity index (χ2n) is 4.17. The van der Waals surface area contributed by atoms with Crippen molar-refractivity contribution in [2.45, 2.75) is 19.9 Å². The van der Waals surface area contributed by atoms with Crippen molar-refractivity contribution < 1.29 is 4.79 Å². The fraction of sp³-hybridized carbons (Fsp3) is 0.333. The fourth-order valence-electron chi connectivity index (χ4n) is 1.65. The lowest BCUT2D eigenvalue weighted by Crippen LogP contribution is -2.31. The van der Waals surface area contributed by atoms with Gasteiger partial charge in [-0.25, -0.2) is 0 Å². The van der Waals surface area contributed by atoms with Crippen LogP contribution in [0.3, 0.4) is 0 Å². The highest BCUT2D eigenvalue weighted by atomic mass is 79.9. The number of aliphatic imine (C=N–C) groups is 1. The minimum atomic E-state index is -0.256. The summed E-state index contributed by atoms with van der Waals surface area (Å²) in [5.41, 5.74) is 0.936. The maximum absolute atomic E-state index is 11.6. The summed E-state index contributed by atoms with van der Waals surface area (Å²) in [6.07, 6.45) is 0. The summed E-state index contributed by atoms with van der Waals surface area (Å²) < 4.78 is 0.981. The third-order valence-electron chi connectivity index (χ3n) is 2.51. The number of benzene rings is 1.